The normalized spacial score (nSPS) is 9.62. The molecular formula is C16H13FN2O2. The summed E-state index contributed by atoms with van der Waals surface area (Å²) < 4.78 is 13.9. The second-order valence-electron chi connectivity index (χ2n) is 4.19. The predicted octanol–water partition coefficient (Wildman–Crippen LogP) is 1.49. The Labute approximate surface area is 121 Å². The number of nitrogens with zero attached hydrogens (tertiary/aromatic N) is 1. The highest BCUT2D eigenvalue weighted by atomic mass is 19.1. The van der Waals surface area contributed by atoms with Crippen LogP contribution in [-0.4, -0.2) is 22.6 Å². The Bertz CT molecular complexity index is 690. The minimum absolute atomic E-state index is 0.0430. The van der Waals surface area contributed by atoms with Crippen molar-refractivity contribution in [2.24, 2.45) is 0 Å². The highest BCUT2D eigenvalue weighted by Gasteiger charge is 2.11. The number of amides is 1. The van der Waals surface area contributed by atoms with Gasteiger partial charge in [0, 0.05) is 24.5 Å². The van der Waals surface area contributed by atoms with Gasteiger partial charge in [-0.2, -0.15) is 0 Å². The number of aliphatic hydroxyl groups excluding tert-OH is 1. The van der Waals surface area contributed by atoms with Crippen LogP contribution in [-0.2, 0) is 6.54 Å². The summed E-state index contributed by atoms with van der Waals surface area (Å²) in [6, 6.07) is 7.62. The number of rotatable bonds is 3. The molecule has 0 saturated heterocycles. The van der Waals surface area contributed by atoms with Crippen LogP contribution in [0.4, 0.5) is 4.39 Å². The molecule has 4 nitrogen and oxygen atoms in total. The minimum atomic E-state index is -0.646. The fourth-order valence-corrected chi connectivity index (χ4v) is 1.70. The summed E-state index contributed by atoms with van der Waals surface area (Å²) in [6.07, 6.45) is 3.24. The lowest BCUT2D eigenvalue weighted by atomic mass is 10.1. The van der Waals surface area contributed by atoms with E-state index in [9.17, 15) is 9.18 Å². The smallest absolute Gasteiger partial charge is 0.254 e. The van der Waals surface area contributed by atoms with Crippen molar-refractivity contribution in [2.75, 3.05) is 6.61 Å². The van der Waals surface area contributed by atoms with Crippen molar-refractivity contribution in [3.63, 3.8) is 0 Å². The van der Waals surface area contributed by atoms with Crippen LogP contribution >= 0.6 is 0 Å². The monoisotopic (exact) mass is 284 g/mol. The highest BCUT2D eigenvalue weighted by molar-refractivity contribution is 5.94. The van der Waals surface area contributed by atoms with E-state index in [1.165, 1.54) is 18.2 Å². The van der Waals surface area contributed by atoms with Gasteiger partial charge in [0.1, 0.15) is 12.4 Å². The molecule has 0 spiro atoms. The molecule has 5 heteroatoms. The van der Waals surface area contributed by atoms with E-state index < -0.39 is 11.7 Å². The van der Waals surface area contributed by atoms with Crippen molar-refractivity contribution in [2.45, 2.75) is 6.54 Å². The zero-order chi connectivity index (χ0) is 15.1. The van der Waals surface area contributed by atoms with Crippen LogP contribution in [0.1, 0.15) is 21.5 Å². The number of pyridine rings is 1. The number of halogens is 1. The summed E-state index contributed by atoms with van der Waals surface area (Å²) in [5.74, 6) is 3.86. The molecular weight excluding hydrogens is 271 g/mol. The van der Waals surface area contributed by atoms with Crippen LogP contribution in [0.3, 0.4) is 0 Å². The van der Waals surface area contributed by atoms with Crippen LogP contribution in [0.2, 0.25) is 0 Å². The first-order valence-electron chi connectivity index (χ1n) is 6.27. The van der Waals surface area contributed by atoms with Crippen LogP contribution in [0.5, 0.6) is 0 Å². The molecule has 0 aliphatic heterocycles. The van der Waals surface area contributed by atoms with Gasteiger partial charge in [-0.15, -0.1) is 0 Å². The molecule has 0 aliphatic carbocycles. The lowest BCUT2D eigenvalue weighted by molar-refractivity contribution is 0.0947. The Morgan fingerprint density at radius 1 is 1.29 bits per heavy atom. The Morgan fingerprint density at radius 2 is 2.05 bits per heavy atom. The van der Waals surface area contributed by atoms with Gasteiger partial charge in [-0.25, -0.2) is 4.39 Å². The van der Waals surface area contributed by atoms with E-state index >= 15 is 0 Å². The van der Waals surface area contributed by atoms with Gasteiger partial charge < -0.3 is 10.4 Å². The number of benzene rings is 1. The topological polar surface area (TPSA) is 62.2 Å². The van der Waals surface area contributed by atoms with Crippen molar-refractivity contribution in [3.8, 4) is 11.8 Å². The molecule has 0 fully saturated rings. The minimum Gasteiger partial charge on any atom is -0.384 e. The van der Waals surface area contributed by atoms with Gasteiger partial charge in [-0.05, 0) is 35.9 Å². The Kier molecular flexibility index (Phi) is 5.02. The maximum absolute atomic E-state index is 13.9. The SMILES string of the molecule is O=C(NCc1ccncc1)c1ccc(C#CCO)cc1F. The van der Waals surface area contributed by atoms with E-state index in [0.29, 0.717) is 12.1 Å². The maximum Gasteiger partial charge on any atom is 0.254 e. The summed E-state index contributed by atoms with van der Waals surface area (Å²) in [5, 5.41) is 11.2. The molecule has 0 atom stereocenters. The number of nitrogens with one attached hydrogen (secondary N) is 1. The number of hydrogen-bond acceptors (Lipinski definition) is 3. The molecule has 106 valence electrons. The summed E-state index contributed by atoms with van der Waals surface area (Å²) in [6.45, 7) is 0.00263. The Hall–Kier alpha value is -2.71. The summed E-state index contributed by atoms with van der Waals surface area (Å²) in [7, 11) is 0. The van der Waals surface area contributed by atoms with E-state index in [2.05, 4.69) is 22.1 Å². The number of hydrogen-bond donors (Lipinski definition) is 2. The molecule has 0 bridgehead atoms. The molecule has 1 amide bonds. The molecule has 1 heterocycles. The van der Waals surface area contributed by atoms with Gasteiger partial charge >= 0.3 is 0 Å². The molecule has 2 aromatic rings. The van der Waals surface area contributed by atoms with Crippen molar-refractivity contribution in [1.29, 1.82) is 0 Å². The molecule has 0 radical (unpaired) electrons. The van der Waals surface area contributed by atoms with Gasteiger partial charge in [0.25, 0.3) is 5.91 Å². The van der Waals surface area contributed by atoms with Gasteiger partial charge in [-0.3, -0.25) is 9.78 Å². The quantitative estimate of drug-likeness (QED) is 0.840. The van der Waals surface area contributed by atoms with E-state index in [-0.39, 0.29) is 12.2 Å². The largest absolute Gasteiger partial charge is 0.384 e. The van der Waals surface area contributed by atoms with E-state index in [1.54, 1.807) is 24.5 Å². The first-order chi connectivity index (χ1) is 10.2. The zero-order valence-corrected chi connectivity index (χ0v) is 11.1. The fourth-order valence-electron chi connectivity index (χ4n) is 1.70. The fraction of sp³-hybridized carbons (Fsp3) is 0.125. The van der Waals surface area contributed by atoms with Crippen molar-refractivity contribution in [3.05, 3.63) is 65.2 Å². The second kappa shape index (κ2) is 7.17. The second-order valence-corrected chi connectivity index (χ2v) is 4.19. The highest BCUT2D eigenvalue weighted by Crippen LogP contribution is 2.10. The lowest BCUT2D eigenvalue weighted by Crippen LogP contribution is -2.23. The molecule has 0 saturated carbocycles. The third kappa shape index (κ3) is 4.13. The number of aromatic nitrogens is 1. The lowest BCUT2D eigenvalue weighted by Gasteiger charge is -2.06. The number of aliphatic hydroxyl groups is 1. The number of carbonyl (C=O) groups excluding carboxylic acids is 1. The molecule has 0 unspecified atom stereocenters. The standard InChI is InChI=1S/C16H13FN2O2/c17-15-10-12(2-1-9-20)3-4-14(15)16(21)19-11-13-5-7-18-8-6-13/h3-8,10,20H,9,11H2,(H,19,21). The molecule has 1 aromatic heterocycles. The van der Waals surface area contributed by atoms with Crippen LogP contribution in [0.15, 0.2) is 42.7 Å². The van der Waals surface area contributed by atoms with E-state index in [0.717, 1.165) is 5.56 Å². The van der Waals surface area contributed by atoms with Crippen LogP contribution in [0, 0.1) is 17.7 Å². The third-order valence-electron chi connectivity index (χ3n) is 2.73. The Morgan fingerprint density at radius 3 is 2.71 bits per heavy atom. The first kappa shape index (κ1) is 14.7. The number of carbonyl (C=O) groups is 1. The van der Waals surface area contributed by atoms with Crippen molar-refractivity contribution >= 4 is 5.91 Å². The van der Waals surface area contributed by atoms with Crippen molar-refractivity contribution < 1.29 is 14.3 Å². The molecule has 2 rings (SSSR count). The summed E-state index contributed by atoms with van der Waals surface area (Å²) in [4.78, 5) is 15.8. The predicted molar refractivity (Wildman–Crippen MR) is 75.8 cm³/mol. The van der Waals surface area contributed by atoms with Gasteiger partial charge in [0.05, 0.1) is 5.56 Å². The molecule has 21 heavy (non-hydrogen) atoms. The summed E-state index contributed by atoms with van der Waals surface area (Å²) in [5.41, 5.74) is 1.25. The first-order valence-corrected chi connectivity index (χ1v) is 6.27. The van der Waals surface area contributed by atoms with Crippen LogP contribution in [0.25, 0.3) is 0 Å². The van der Waals surface area contributed by atoms with Crippen LogP contribution < -0.4 is 5.32 Å². The van der Waals surface area contributed by atoms with Gasteiger partial charge in [-0.1, -0.05) is 11.8 Å². The Balaban J connectivity index is 2.05. The zero-order valence-electron chi connectivity index (χ0n) is 11.1. The molecule has 2 N–H and O–H groups in total. The van der Waals surface area contributed by atoms with E-state index in [1.807, 2.05) is 0 Å². The van der Waals surface area contributed by atoms with E-state index in [4.69, 9.17) is 5.11 Å². The van der Waals surface area contributed by atoms with Gasteiger partial charge in [0.15, 0.2) is 0 Å². The third-order valence-corrected chi connectivity index (χ3v) is 2.73. The summed E-state index contributed by atoms with van der Waals surface area (Å²) >= 11 is 0. The average molecular weight is 284 g/mol. The molecule has 0 aliphatic rings. The maximum atomic E-state index is 13.9. The molecule has 1 aromatic carbocycles. The average Bonchev–Trinajstić information content (AvgIpc) is 2.51. The van der Waals surface area contributed by atoms with Gasteiger partial charge in [0.2, 0.25) is 0 Å². The van der Waals surface area contributed by atoms with Crippen molar-refractivity contribution in [1.82, 2.24) is 10.3 Å².